The molecule has 0 amide bonds. The molecule has 0 aliphatic carbocycles. The molecule has 0 unspecified atom stereocenters. The van der Waals surface area contributed by atoms with Crippen LogP contribution in [0.2, 0.25) is 0 Å². The van der Waals surface area contributed by atoms with E-state index < -0.39 is 0 Å². The summed E-state index contributed by atoms with van der Waals surface area (Å²) in [6, 6.07) is 46.2. The summed E-state index contributed by atoms with van der Waals surface area (Å²) in [5, 5.41) is 9.23. The van der Waals surface area contributed by atoms with E-state index in [9.17, 15) is 5.26 Å². The van der Waals surface area contributed by atoms with Gasteiger partial charge in [-0.3, -0.25) is 0 Å². The topological polar surface area (TPSA) is 27.0 Å². The first-order valence-electron chi connectivity index (χ1n) is 11.3. The Labute approximate surface area is 201 Å². The molecule has 5 rings (SSSR count). The molecular weight excluding hydrogens is 412 g/mol. The lowest BCUT2D eigenvalue weighted by atomic mass is 9.96. The van der Waals surface area contributed by atoms with E-state index in [-0.39, 0.29) is 0 Å². The monoisotopic (exact) mass is 436 g/mol. The molecule has 34 heavy (non-hydrogen) atoms. The Morgan fingerprint density at radius 1 is 0.500 bits per heavy atom. The van der Waals surface area contributed by atoms with E-state index in [2.05, 4.69) is 109 Å². The SMILES string of the molecule is Cc1ccc(-c2cc(-c3ccc(C#N)cc3)cc(N(c3ccccc3)c3ccccc3)c2)cc1. The number of anilines is 3. The highest BCUT2D eigenvalue weighted by Gasteiger charge is 2.15. The number of benzene rings is 5. The molecule has 2 nitrogen and oxygen atoms in total. The van der Waals surface area contributed by atoms with Crippen LogP contribution in [0.15, 0.2) is 127 Å². The molecule has 2 heteroatoms. The molecule has 0 aliphatic heterocycles. The minimum Gasteiger partial charge on any atom is -0.310 e. The van der Waals surface area contributed by atoms with Gasteiger partial charge in [0.25, 0.3) is 0 Å². The van der Waals surface area contributed by atoms with Crippen LogP contribution in [0.25, 0.3) is 22.3 Å². The smallest absolute Gasteiger partial charge is 0.0991 e. The van der Waals surface area contributed by atoms with Gasteiger partial charge in [0, 0.05) is 17.1 Å². The van der Waals surface area contributed by atoms with Crippen molar-refractivity contribution in [2.24, 2.45) is 0 Å². The van der Waals surface area contributed by atoms with E-state index in [1.54, 1.807) is 0 Å². The molecule has 5 aromatic carbocycles. The largest absolute Gasteiger partial charge is 0.310 e. The first kappa shape index (κ1) is 21.2. The Bertz CT molecular complexity index is 1390. The van der Waals surface area contributed by atoms with Gasteiger partial charge in [0.05, 0.1) is 11.6 Å². The van der Waals surface area contributed by atoms with Gasteiger partial charge in [0.2, 0.25) is 0 Å². The lowest BCUT2D eigenvalue weighted by Gasteiger charge is -2.26. The zero-order valence-electron chi connectivity index (χ0n) is 19.0. The zero-order chi connectivity index (χ0) is 23.3. The summed E-state index contributed by atoms with van der Waals surface area (Å²) in [5.74, 6) is 0. The molecule has 0 aliphatic rings. The summed E-state index contributed by atoms with van der Waals surface area (Å²) in [7, 11) is 0. The van der Waals surface area contributed by atoms with Gasteiger partial charge in [0.15, 0.2) is 0 Å². The van der Waals surface area contributed by atoms with E-state index >= 15 is 0 Å². The Morgan fingerprint density at radius 2 is 0.971 bits per heavy atom. The maximum absolute atomic E-state index is 9.23. The van der Waals surface area contributed by atoms with Crippen LogP contribution in [0.3, 0.4) is 0 Å². The third kappa shape index (κ3) is 4.46. The molecule has 0 bridgehead atoms. The lowest BCUT2D eigenvalue weighted by molar-refractivity contribution is 1.28. The second-order valence-corrected chi connectivity index (χ2v) is 8.33. The van der Waals surface area contributed by atoms with Gasteiger partial charge in [-0.15, -0.1) is 0 Å². The average molecular weight is 437 g/mol. The molecule has 0 saturated heterocycles. The summed E-state index contributed by atoms with van der Waals surface area (Å²) in [6.45, 7) is 2.11. The lowest BCUT2D eigenvalue weighted by Crippen LogP contribution is -2.10. The molecule has 0 fully saturated rings. The third-order valence-electron chi connectivity index (χ3n) is 5.94. The van der Waals surface area contributed by atoms with Crippen molar-refractivity contribution in [3.8, 4) is 28.3 Å². The predicted octanol–water partition coefficient (Wildman–Crippen LogP) is 8.67. The highest BCUT2D eigenvalue weighted by Crippen LogP contribution is 2.39. The molecule has 0 aromatic heterocycles. The van der Waals surface area contributed by atoms with Gasteiger partial charge in [-0.2, -0.15) is 5.26 Å². The number of hydrogen-bond acceptors (Lipinski definition) is 2. The Morgan fingerprint density at radius 3 is 1.44 bits per heavy atom. The van der Waals surface area contributed by atoms with Gasteiger partial charge >= 0.3 is 0 Å². The molecule has 0 heterocycles. The minimum atomic E-state index is 0.661. The van der Waals surface area contributed by atoms with Crippen LogP contribution in [0.1, 0.15) is 11.1 Å². The van der Waals surface area contributed by atoms with E-state index in [0.717, 1.165) is 33.8 Å². The predicted molar refractivity (Wildman–Crippen MR) is 141 cm³/mol. The quantitative estimate of drug-likeness (QED) is 0.275. The summed E-state index contributed by atoms with van der Waals surface area (Å²) in [5.41, 5.74) is 9.68. The van der Waals surface area contributed by atoms with Gasteiger partial charge in [-0.05, 0) is 83.8 Å². The van der Waals surface area contributed by atoms with Crippen molar-refractivity contribution in [2.75, 3.05) is 4.90 Å². The normalized spacial score (nSPS) is 10.5. The second kappa shape index (κ2) is 9.48. The number of para-hydroxylation sites is 2. The Hall–Kier alpha value is -4.61. The van der Waals surface area contributed by atoms with Crippen LogP contribution in [-0.4, -0.2) is 0 Å². The van der Waals surface area contributed by atoms with Crippen molar-refractivity contribution in [1.29, 1.82) is 5.26 Å². The first-order valence-corrected chi connectivity index (χ1v) is 11.3. The molecule has 5 aromatic rings. The van der Waals surface area contributed by atoms with Crippen molar-refractivity contribution in [1.82, 2.24) is 0 Å². The van der Waals surface area contributed by atoms with Crippen LogP contribution < -0.4 is 4.90 Å². The standard InChI is InChI=1S/C32H24N2/c1-24-12-16-26(17-13-24)28-20-29(27-18-14-25(23-33)15-19-27)22-32(21-28)34(30-8-4-2-5-9-30)31-10-6-3-7-11-31/h2-22H,1H3. The van der Waals surface area contributed by atoms with Gasteiger partial charge < -0.3 is 4.90 Å². The highest BCUT2D eigenvalue weighted by atomic mass is 15.1. The van der Waals surface area contributed by atoms with E-state index in [1.165, 1.54) is 11.1 Å². The minimum absolute atomic E-state index is 0.661. The second-order valence-electron chi connectivity index (χ2n) is 8.33. The van der Waals surface area contributed by atoms with Crippen LogP contribution in [0.4, 0.5) is 17.1 Å². The van der Waals surface area contributed by atoms with E-state index in [1.807, 2.05) is 36.4 Å². The van der Waals surface area contributed by atoms with Crippen molar-refractivity contribution in [3.05, 3.63) is 139 Å². The van der Waals surface area contributed by atoms with Gasteiger partial charge in [-0.1, -0.05) is 78.4 Å². The van der Waals surface area contributed by atoms with Crippen molar-refractivity contribution >= 4 is 17.1 Å². The number of nitriles is 1. The fourth-order valence-electron chi connectivity index (χ4n) is 4.16. The molecular formula is C32H24N2. The maximum atomic E-state index is 9.23. The maximum Gasteiger partial charge on any atom is 0.0991 e. The molecule has 162 valence electrons. The van der Waals surface area contributed by atoms with E-state index in [4.69, 9.17) is 0 Å². The number of aryl methyl sites for hydroxylation is 1. The van der Waals surface area contributed by atoms with Gasteiger partial charge in [0.1, 0.15) is 0 Å². The fourth-order valence-corrected chi connectivity index (χ4v) is 4.16. The van der Waals surface area contributed by atoms with Crippen molar-refractivity contribution in [3.63, 3.8) is 0 Å². The highest BCUT2D eigenvalue weighted by molar-refractivity contribution is 5.84. The molecule has 0 N–H and O–H groups in total. The first-order chi connectivity index (χ1) is 16.7. The zero-order valence-corrected chi connectivity index (χ0v) is 19.0. The summed E-state index contributed by atoms with van der Waals surface area (Å²) in [4.78, 5) is 2.28. The van der Waals surface area contributed by atoms with Gasteiger partial charge in [-0.25, -0.2) is 0 Å². The Balaban J connectivity index is 1.73. The summed E-state index contributed by atoms with van der Waals surface area (Å²) in [6.07, 6.45) is 0. The summed E-state index contributed by atoms with van der Waals surface area (Å²) < 4.78 is 0. The van der Waals surface area contributed by atoms with Crippen LogP contribution >= 0.6 is 0 Å². The number of rotatable bonds is 5. The molecule has 0 saturated carbocycles. The molecule has 0 radical (unpaired) electrons. The number of hydrogen-bond donors (Lipinski definition) is 0. The fraction of sp³-hybridized carbons (Fsp3) is 0.0312. The third-order valence-corrected chi connectivity index (χ3v) is 5.94. The summed E-state index contributed by atoms with van der Waals surface area (Å²) >= 11 is 0. The number of nitrogens with zero attached hydrogens (tertiary/aromatic N) is 2. The van der Waals surface area contributed by atoms with Crippen LogP contribution in [0.5, 0.6) is 0 Å². The average Bonchev–Trinajstić information content (AvgIpc) is 2.90. The Kier molecular flexibility index (Phi) is 5.93. The molecule has 0 atom stereocenters. The molecule has 0 spiro atoms. The van der Waals surface area contributed by atoms with Crippen molar-refractivity contribution in [2.45, 2.75) is 6.92 Å². The van der Waals surface area contributed by atoms with Crippen LogP contribution in [-0.2, 0) is 0 Å². The van der Waals surface area contributed by atoms with Crippen LogP contribution in [0, 0.1) is 18.3 Å². The van der Waals surface area contributed by atoms with E-state index in [0.29, 0.717) is 5.56 Å². The van der Waals surface area contributed by atoms with Crippen molar-refractivity contribution < 1.29 is 0 Å².